The first-order valence-electron chi connectivity index (χ1n) is 9.29. The summed E-state index contributed by atoms with van der Waals surface area (Å²) >= 11 is 7.27. The van der Waals surface area contributed by atoms with Crippen LogP contribution in [0.2, 0.25) is 5.02 Å². The third-order valence-corrected chi connectivity index (χ3v) is 5.67. The third kappa shape index (κ3) is 4.24. The summed E-state index contributed by atoms with van der Waals surface area (Å²) in [7, 11) is 0. The summed E-state index contributed by atoms with van der Waals surface area (Å²) in [6, 6.07) is 14.6. The number of hydrogen-bond acceptors (Lipinski definition) is 5. The topological polar surface area (TPSA) is 92.7 Å². The summed E-state index contributed by atoms with van der Waals surface area (Å²) in [4.78, 5) is 30.0. The zero-order chi connectivity index (χ0) is 21.1. The number of H-pyrrole nitrogens is 1. The van der Waals surface area contributed by atoms with Gasteiger partial charge < -0.3 is 5.32 Å². The van der Waals surface area contributed by atoms with Gasteiger partial charge in [-0.3, -0.25) is 19.3 Å². The standard InChI is InChI=1S/C21H18ClN5O2S/c1-2-13-6-8-15(9-7-13)24-18(28)12-30-21-25-19-17(11-23-26-19)20(29)27(21)16-5-3-4-14(22)10-16/h3-11H,2,12H2,1H3,(H,23,26)(H,24,28). The van der Waals surface area contributed by atoms with Crippen molar-refractivity contribution in [1.82, 2.24) is 19.7 Å². The number of aromatic nitrogens is 4. The van der Waals surface area contributed by atoms with Gasteiger partial charge in [-0.25, -0.2) is 4.98 Å². The van der Waals surface area contributed by atoms with Crippen molar-refractivity contribution in [3.05, 3.63) is 75.7 Å². The molecule has 7 nitrogen and oxygen atoms in total. The van der Waals surface area contributed by atoms with Crippen LogP contribution in [-0.2, 0) is 11.2 Å². The van der Waals surface area contributed by atoms with Crippen LogP contribution in [0.15, 0.2) is 64.7 Å². The Hall–Kier alpha value is -3.10. The second-order valence-electron chi connectivity index (χ2n) is 6.53. The van der Waals surface area contributed by atoms with E-state index < -0.39 is 0 Å². The maximum absolute atomic E-state index is 13.0. The maximum atomic E-state index is 13.0. The number of carbonyl (C=O) groups excluding carboxylic acids is 1. The van der Waals surface area contributed by atoms with Gasteiger partial charge in [0.05, 0.1) is 17.6 Å². The van der Waals surface area contributed by atoms with Gasteiger partial charge in [-0.15, -0.1) is 0 Å². The zero-order valence-electron chi connectivity index (χ0n) is 16.1. The highest BCUT2D eigenvalue weighted by atomic mass is 35.5. The number of amides is 1. The number of benzene rings is 2. The fourth-order valence-electron chi connectivity index (χ4n) is 2.96. The molecule has 0 aliphatic rings. The molecule has 2 N–H and O–H groups in total. The van der Waals surface area contributed by atoms with Crippen LogP contribution in [0.1, 0.15) is 12.5 Å². The summed E-state index contributed by atoms with van der Waals surface area (Å²) in [5, 5.41) is 10.7. The van der Waals surface area contributed by atoms with Crippen molar-refractivity contribution in [1.29, 1.82) is 0 Å². The van der Waals surface area contributed by atoms with Gasteiger partial charge >= 0.3 is 0 Å². The molecule has 2 aromatic carbocycles. The van der Waals surface area contributed by atoms with Crippen molar-refractivity contribution in [2.24, 2.45) is 0 Å². The van der Waals surface area contributed by atoms with E-state index in [1.807, 2.05) is 24.3 Å². The number of carbonyl (C=O) groups is 1. The summed E-state index contributed by atoms with van der Waals surface area (Å²) in [5.41, 5.74) is 2.58. The van der Waals surface area contributed by atoms with E-state index in [4.69, 9.17) is 11.6 Å². The predicted molar refractivity (Wildman–Crippen MR) is 120 cm³/mol. The number of nitrogens with one attached hydrogen (secondary N) is 2. The number of halogens is 1. The van der Waals surface area contributed by atoms with Gasteiger partial charge in [-0.2, -0.15) is 5.10 Å². The minimum Gasteiger partial charge on any atom is -0.325 e. The molecule has 0 unspecified atom stereocenters. The fourth-order valence-corrected chi connectivity index (χ4v) is 3.95. The molecule has 2 heterocycles. The van der Waals surface area contributed by atoms with Crippen LogP contribution >= 0.6 is 23.4 Å². The Bertz CT molecular complexity index is 1270. The molecule has 0 spiro atoms. The van der Waals surface area contributed by atoms with Crippen molar-refractivity contribution in [2.75, 3.05) is 11.1 Å². The molecule has 1 amide bonds. The van der Waals surface area contributed by atoms with E-state index in [1.165, 1.54) is 16.3 Å². The monoisotopic (exact) mass is 439 g/mol. The SMILES string of the molecule is CCc1ccc(NC(=O)CSc2nc3[nH]ncc3c(=O)n2-c2cccc(Cl)c2)cc1. The van der Waals surface area contributed by atoms with E-state index in [0.717, 1.165) is 23.9 Å². The summed E-state index contributed by atoms with van der Waals surface area (Å²) < 4.78 is 1.44. The molecule has 0 aliphatic carbocycles. The number of hydrogen-bond donors (Lipinski definition) is 2. The maximum Gasteiger partial charge on any atom is 0.269 e. The highest BCUT2D eigenvalue weighted by Gasteiger charge is 2.16. The van der Waals surface area contributed by atoms with Crippen molar-refractivity contribution >= 4 is 46.0 Å². The normalized spacial score (nSPS) is 11.0. The summed E-state index contributed by atoms with van der Waals surface area (Å²) in [6.07, 6.45) is 2.37. The first-order chi connectivity index (χ1) is 14.5. The number of anilines is 1. The smallest absolute Gasteiger partial charge is 0.269 e. The summed E-state index contributed by atoms with van der Waals surface area (Å²) in [5.74, 6) is -0.108. The number of nitrogens with zero attached hydrogens (tertiary/aromatic N) is 3. The van der Waals surface area contributed by atoms with Gasteiger partial charge in [0.25, 0.3) is 5.56 Å². The van der Waals surface area contributed by atoms with E-state index in [-0.39, 0.29) is 17.2 Å². The molecule has 0 saturated heterocycles. The van der Waals surface area contributed by atoms with E-state index in [1.54, 1.807) is 24.3 Å². The van der Waals surface area contributed by atoms with Crippen LogP contribution in [0.4, 0.5) is 5.69 Å². The molecule has 0 atom stereocenters. The highest BCUT2D eigenvalue weighted by Crippen LogP contribution is 2.22. The van der Waals surface area contributed by atoms with Crippen molar-refractivity contribution < 1.29 is 4.79 Å². The second-order valence-corrected chi connectivity index (χ2v) is 7.91. The number of fused-ring (bicyclic) bond motifs is 1. The lowest BCUT2D eigenvalue weighted by molar-refractivity contribution is -0.113. The molecular formula is C21H18ClN5O2S. The van der Waals surface area contributed by atoms with E-state index in [0.29, 0.717) is 26.9 Å². The minimum absolute atomic E-state index is 0.0855. The van der Waals surface area contributed by atoms with Crippen LogP contribution in [-0.4, -0.2) is 31.4 Å². The molecule has 0 radical (unpaired) electrons. The van der Waals surface area contributed by atoms with Gasteiger partial charge in [-0.1, -0.05) is 48.5 Å². The molecule has 0 saturated carbocycles. The number of aryl methyl sites for hydroxylation is 1. The van der Waals surface area contributed by atoms with Crippen molar-refractivity contribution in [2.45, 2.75) is 18.5 Å². The van der Waals surface area contributed by atoms with Crippen molar-refractivity contribution in [3.8, 4) is 5.69 Å². The second kappa shape index (κ2) is 8.73. The Labute approximate surface area is 181 Å². The molecule has 2 aromatic heterocycles. The Kier molecular flexibility index (Phi) is 5.87. The number of thioether (sulfide) groups is 1. The van der Waals surface area contributed by atoms with Gasteiger partial charge in [0.2, 0.25) is 5.91 Å². The Balaban J connectivity index is 1.60. The quantitative estimate of drug-likeness (QED) is 0.349. The highest BCUT2D eigenvalue weighted by molar-refractivity contribution is 7.99. The number of aromatic amines is 1. The average molecular weight is 440 g/mol. The Morgan fingerprint density at radius 2 is 2.03 bits per heavy atom. The lowest BCUT2D eigenvalue weighted by Gasteiger charge is -2.12. The fraction of sp³-hybridized carbons (Fsp3) is 0.143. The summed E-state index contributed by atoms with van der Waals surface area (Å²) in [6.45, 7) is 2.08. The molecular weight excluding hydrogens is 422 g/mol. The van der Waals surface area contributed by atoms with Crippen LogP contribution in [0.5, 0.6) is 0 Å². The molecule has 9 heteroatoms. The molecule has 152 valence electrons. The lowest BCUT2D eigenvalue weighted by Crippen LogP contribution is -2.22. The largest absolute Gasteiger partial charge is 0.325 e. The van der Waals surface area contributed by atoms with Crippen LogP contribution in [0.25, 0.3) is 16.7 Å². The molecule has 0 bridgehead atoms. The van der Waals surface area contributed by atoms with Crippen LogP contribution in [0.3, 0.4) is 0 Å². The lowest BCUT2D eigenvalue weighted by atomic mass is 10.1. The van der Waals surface area contributed by atoms with E-state index in [2.05, 4.69) is 27.4 Å². The predicted octanol–water partition coefficient (Wildman–Crippen LogP) is 4.06. The first kappa shape index (κ1) is 20.2. The molecule has 0 fully saturated rings. The Morgan fingerprint density at radius 3 is 2.77 bits per heavy atom. The van der Waals surface area contributed by atoms with E-state index in [9.17, 15) is 9.59 Å². The number of rotatable bonds is 6. The zero-order valence-corrected chi connectivity index (χ0v) is 17.6. The third-order valence-electron chi connectivity index (χ3n) is 4.50. The molecule has 4 rings (SSSR count). The van der Waals surface area contributed by atoms with Gasteiger partial charge in [0.15, 0.2) is 10.8 Å². The van der Waals surface area contributed by atoms with Crippen LogP contribution < -0.4 is 10.9 Å². The Morgan fingerprint density at radius 1 is 1.23 bits per heavy atom. The van der Waals surface area contributed by atoms with Gasteiger partial charge in [0.1, 0.15) is 5.39 Å². The molecule has 30 heavy (non-hydrogen) atoms. The van der Waals surface area contributed by atoms with Crippen LogP contribution in [0, 0.1) is 0 Å². The molecule has 4 aromatic rings. The van der Waals surface area contributed by atoms with Gasteiger partial charge in [0, 0.05) is 10.7 Å². The minimum atomic E-state index is -0.283. The van der Waals surface area contributed by atoms with E-state index >= 15 is 0 Å². The molecule has 0 aliphatic heterocycles. The van der Waals surface area contributed by atoms with Gasteiger partial charge in [-0.05, 0) is 42.3 Å². The van der Waals surface area contributed by atoms with Crippen molar-refractivity contribution in [3.63, 3.8) is 0 Å². The average Bonchev–Trinajstić information content (AvgIpc) is 3.22. The first-order valence-corrected chi connectivity index (χ1v) is 10.6.